The molecule has 2 rings (SSSR count). The van der Waals surface area contributed by atoms with Crippen molar-refractivity contribution < 1.29 is 9.59 Å². The van der Waals surface area contributed by atoms with E-state index in [0.717, 1.165) is 22.5 Å². The summed E-state index contributed by atoms with van der Waals surface area (Å²) in [6.45, 7) is 7.46. The van der Waals surface area contributed by atoms with Crippen LogP contribution in [0.25, 0.3) is 0 Å². The molecule has 0 radical (unpaired) electrons. The van der Waals surface area contributed by atoms with Crippen LogP contribution >= 0.6 is 0 Å². The average molecular weight is 329 g/mol. The first-order valence-corrected chi connectivity index (χ1v) is 7.78. The Morgan fingerprint density at radius 2 is 2.00 bits per heavy atom. The Morgan fingerprint density at radius 1 is 1.29 bits per heavy atom. The largest absolute Gasteiger partial charge is 0.336 e. The normalized spacial score (nSPS) is 11.9. The van der Waals surface area contributed by atoms with E-state index in [1.165, 1.54) is 4.90 Å². The van der Waals surface area contributed by atoms with Crippen LogP contribution in [0.15, 0.2) is 18.3 Å². The van der Waals surface area contributed by atoms with Gasteiger partial charge in [-0.2, -0.15) is 5.10 Å². The van der Waals surface area contributed by atoms with Gasteiger partial charge in [0.15, 0.2) is 0 Å². The standard InChI is InChI=1S/C17H23N5O2/c1-10-6-7-14(18-8-10)19-15(23)9-22(5)17(24)11(2)16-12(3)20-21-13(16)4/h6-8,11H,9H2,1-5H3,(H,20,21)(H,18,19,23). The van der Waals surface area contributed by atoms with Gasteiger partial charge in [-0.1, -0.05) is 6.07 Å². The van der Waals surface area contributed by atoms with Crippen molar-refractivity contribution in [2.75, 3.05) is 18.9 Å². The maximum Gasteiger partial charge on any atom is 0.245 e. The zero-order valence-electron chi connectivity index (χ0n) is 14.7. The summed E-state index contributed by atoms with van der Waals surface area (Å²) in [5, 5.41) is 9.69. The van der Waals surface area contributed by atoms with Gasteiger partial charge >= 0.3 is 0 Å². The number of hydrogen-bond acceptors (Lipinski definition) is 4. The predicted molar refractivity (Wildman–Crippen MR) is 91.7 cm³/mol. The van der Waals surface area contributed by atoms with Crippen molar-refractivity contribution in [1.82, 2.24) is 20.1 Å². The second-order valence-electron chi connectivity index (χ2n) is 6.03. The van der Waals surface area contributed by atoms with Crippen LogP contribution in [0.5, 0.6) is 0 Å². The van der Waals surface area contributed by atoms with Crippen LogP contribution in [0.4, 0.5) is 5.82 Å². The molecular formula is C17H23N5O2. The summed E-state index contributed by atoms with van der Waals surface area (Å²) in [4.78, 5) is 30.2. The molecule has 7 nitrogen and oxygen atoms in total. The number of carbonyl (C=O) groups excluding carboxylic acids is 2. The zero-order valence-corrected chi connectivity index (χ0v) is 14.7. The molecule has 2 aromatic rings. The molecular weight excluding hydrogens is 306 g/mol. The van der Waals surface area contributed by atoms with Gasteiger partial charge in [-0.15, -0.1) is 0 Å². The van der Waals surface area contributed by atoms with E-state index in [1.54, 1.807) is 19.3 Å². The highest BCUT2D eigenvalue weighted by atomic mass is 16.2. The van der Waals surface area contributed by atoms with Gasteiger partial charge < -0.3 is 10.2 Å². The number of pyridine rings is 1. The molecule has 0 aliphatic rings. The summed E-state index contributed by atoms with van der Waals surface area (Å²) >= 11 is 0. The topological polar surface area (TPSA) is 91.0 Å². The van der Waals surface area contributed by atoms with Crippen LogP contribution in [-0.2, 0) is 9.59 Å². The Balaban J connectivity index is 1.98. The molecule has 0 aliphatic heterocycles. The second-order valence-corrected chi connectivity index (χ2v) is 6.03. The molecule has 0 aromatic carbocycles. The molecule has 0 fully saturated rings. The SMILES string of the molecule is Cc1ccc(NC(=O)CN(C)C(=O)C(C)c2c(C)n[nH]c2C)nc1. The van der Waals surface area contributed by atoms with E-state index in [-0.39, 0.29) is 24.3 Å². The van der Waals surface area contributed by atoms with E-state index >= 15 is 0 Å². The van der Waals surface area contributed by atoms with Gasteiger partial charge in [0.2, 0.25) is 11.8 Å². The Hall–Kier alpha value is -2.70. The van der Waals surface area contributed by atoms with Gasteiger partial charge in [0.05, 0.1) is 18.2 Å². The molecule has 1 atom stereocenters. The van der Waals surface area contributed by atoms with Crippen LogP contribution in [0, 0.1) is 20.8 Å². The number of likely N-dealkylation sites (N-methyl/N-ethyl adjacent to an activating group) is 1. The molecule has 2 amide bonds. The van der Waals surface area contributed by atoms with E-state index in [2.05, 4.69) is 20.5 Å². The lowest BCUT2D eigenvalue weighted by Gasteiger charge is -2.21. The number of nitrogens with one attached hydrogen (secondary N) is 2. The third kappa shape index (κ3) is 3.98. The predicted octanol–water partition coefficient (Wildman–Crippen LogP) is 1.93. The van der Waals surface area contributed by atoms with Gasteiger partial charge in [-0.25, -0.2) is 4.98 Å². The quantitative estimate of drug-likeness (QED) is 0.877. The number of aromatic nitrogens is 3. The minimum Gasteiger partial charge on any atom is -0.336 e. The van der Waals surface area contributed by atoms with E-state index in [1.807, 2.05) is 33.8 Å². The molecule has 1 unspecified atom stereocenters. The maximum absolute atomic E-state index is 12.6. The third-order valence-corrected chi connectivity index (χ3v) is 3.92. The number of nitrogens with zero attached hydrogens (tertiary/aromatic N) is 3. The molecule has 0 spiro atoms. The molecule has 0 saturated heterocycles. The summed E-state index contributed by atoms with van der Waals surface area (Å²) < 4.78 is 0. The van der Waals surface area contributed by atoms with Crippen molar-refractivity contribution in [2.45, 2.75) is 33.6 Å². The van der Waals surface area contributed by atoms with Gasteiger partial charge in [0, 0.05) is 24.5 Å². The third-order valence-electron chi connectivity index (χ3n) is 3.92. The molecule has 0 aliphatic carbocycles. The first kappa shape index (κ1) is 17.7. The van der Waals surface area contributed by atoms with Crippen LogP contribution in [0.3, 0.4) is 0 Å². The molecule has 0 saturated carbocycles. The number of H-pyrrole nitrogens is 1. The Bertz CT molecular complexity index is 716. The smallest absolute Gasteiger partial charge is 0.245 e. The van der Waals surface area contributed by atoms with Crippen molar-refractivity contribution in [3.8, 4) is 0 Å². The van der Waals surface area contributed by atoms with Crippen LogP contribution in [0.2, 0.25) is 0 Å². The van der Waals surface area contributed by atoms with Gasteiger partial charge in [0.1, 0.15) is 5.82 Å². The number of anilines is 1. The fourth-order valence-corrected chi connectivity index (χ4v) is 2.67. The average Bonchev–Trinajstić information content (AvgIpc) is 2.87. The highest BCUT2D eigenvalue weighted by molar-refractivity contribution is 5.94. The number of amides is 2. The molecule has 2 N–H and O–H groups in total. The zero-order chi connectivity index (χ0) is 17.9. The molecule has 128 valence electrons. The Labute approximate surface area is 141 Å². The number of aryl methyl sites for hydroxylation is 3. The first-order chi connectivity index (χ1) is 11.3. The van der Waals surface area contributed by atoms with Crippen molar-refractivity contribution in [2.24, 2.45) is 0 Å². The van der Waals surface area contributed by atoms with Gasteiger partial charge in [0.25, 0.3) is 0 Å². The van der Waals surface area contributed by atoms with Crippen LogP contribution in [-0.4, -0.2) is 45.5 Å². The summed E-state index contributed by atoms with van der Waals surface area (Å²) in [6, 6.07) is 3.60. The van der Waals surface area contributed by atoms with Crippen molar-refractivity contribution in [1.29, 1.82) is 0 Å². The minimum absolute atomic E-state index is 0.0331. The van der Waals surface area contributed by atoms with E-state index in [0.29, 0.717) is 5.82 Å². The molecule has 0 bridgehead atoms. The van der Waals surface area contributed by atoms with Crippen LogP contribution in [0.1, 0.15) is 35.4 Å². The molecule has 24 heavy (non-hydrogen) atoms. The second kappa shape index (κ2) is 7.25. The van der Waals surface area contributed by atoms with Crippen molar-refractivity contribution in [3.05, 3.63) is 40.8 Å². The monoisotopic (exact) mass is 329 g/mol. The molecule has 7 heteroatoms. The van der Waals surface area contributed by atoms with E-state index in [9.17, 15) is 9.59 Å². The molecule has 2 heterocycles. The number of hydrogen-bond donors (Lipinski definition) is 2. The fourth-order valence-electron chi connectivity index (χ4n) is 2.67. The molecule has 2 aromatic heterocycles. The highest BCUT2D eigenvalue weighted by Gasteiger charge is 2.25. The number of rotatable bonds is 5. The lowest BCUT2D eigenvalue weighted by atomic mass is 9.98. The fraction of sp³-hybridized carbons (Fsp3) is 0.412. The van der Waals surface area contributed by atoms with E-state index in [4.69, 9.17) is 0 Å². The summed E-state index contributed by atoms with van der Waals surface area (Å²) in [5.41, 5.74) is 3.57. The summed E-state index contributed by atoms with van der Waals surface area (Å²) in [6.07, 6.45) is 1.68. The van der Waals surface area contributed by atoms with Crippen LogP contribution < -0.4 is 5.32 Å². The highest BCUT2D eigenvalue weighted by Crippen LogP contribution is 2.23. The Kier molecular flexibility index (Phi) is 5.33. The van der Waals surface area contributed by atoms with Gasteiger partial charge in [-0.3, -0.25) is 14.7 Å². The summed E-state index contributed by atoms with van der Waals surface area (Å²) in [7, 11) is 1.62. The maximum atomic E-state index is 12.6. The van der Waals surface area contributed by atoms with E-state index < -0.39 is 0 Å². The minimum atomic E-state index is -0.362. The number of aromatic amines is 1. The summed E-state index contributed by atoms with van der Waals surface area (Å²) in [5.74, 6) is -0.301. The lowest BCUT2D eigenvalue weighted by molar-refractivity contribution is -0.134. The number of carbonyl (C=O) groups is 2. The van der Waals surface area contributed by atoms with Crippen molar-refractivity contribution in [3.63, 3.8) is 0 Å². The Morgan fingerprint density at radius 3 is 2.54 bits per heavy atom. The van der Waals surface area contributed by atoms with Crippen molar-refractivity contribution >= 4 is 17.6 Å². The van der Waals surface area contributed by atoms with Gasteiger partial charge in [-0.05, 0) is 39.3 Å². The first-order valence-electron chi connectivity index (χ1n) is 7.78. The lowest BCUT2D eigenvalue weighted by Crippen LogP contribution is -2.37.